The third kappa shape index (κ3) is 43.1. The minimum absolute atomic E-state index is 0.00575. The first-order chi connectivity index (χ1) is 28.5. The summed E-state index contributed by atoms with van der Waals surface area (Å²) < 4.78 is 23.1. The topological polar surface area (TPSA) is 108 Å². The molecule has 59 heavy (non-hydrogen) atoms. The zero-order chi connectivity index (χ0) is 43.6. The highest BCUT2D eigenvalue weighted by Gasteiger charge is 2.24. The molecule has 0 fully saturated rings. The molecule has 3 unspecified atom stereocenters. The van der Waals surface area contributed by atoms with E-state index in [-0.39, 0.29) is 25.5 Å². The maximum atomic E-state index is 12.8. The van der Waals surface area contributed by atoms with Crippen molar-refractivity contribution < 1.29 is 32.9 Å². The molecule has 0 radical (unpaired) electrons. The predicted octanol–water partition coefficient (Wildman–Crippen LogP) is 12.3. The number of aliphatic hydroxyl groups excluding tert-OH is 1. The van der Waals surface area contributed by atoms with Gasteiger partial charge in [0, 0.05) is 6.42 Å². The number of unbranched alkanes of at least 4 members (excludes halogenated alkanes) is 8. The minimum atomic E-state index is -4.58. The van der Waals surface area contributed by atoms with Gasteiger partial charge < -0.3 is 28.8 Å². The number of likely N-dealkylation sites (N-methyl/N-ethyl adjacent to an activating group) is 1. The first-order valence-corrected chi connectivity index (χ1v) is 24.2. The standard InChI is InChI=1S/C50H85N2O6P/c1-6-8-10-12-14-16-17-18-19-20-21-22-23-24-25-26-27-28-29-30-31-32-33-34-35-36-38-40-42-44-50(54)51-48(47-58-59(55,56)57-46-45-52(3,4)5)49(53)43-41-39-37-15-13-11-9-7-2/h8,10,14,16,18-19,21-22,24-25,27-28,30-31,33-34,36,38,48-49,53H,6-7,9,11-13,15,17,20,23,26,29,32,35,37,39-47H2,1-5H3,(H-,51,54,55,56)/b10-8-,16-14-,19-18-,22-21-,25-24-,28-27-,31-30-,34-33-,38-36-. The van der Waals surface area contributed by atoms with Gasteiger partial charge in [-0.25, -0.2) is 0 Å². The number of rotatable bonds is 39. The Hall–Kier alpha value is -2.84. The number of carbonyl (C=O) groups is 1. The van der Waals surface area contributed by atoms with Gasteiger partial charge in [0.05, 0.1) is 39.9 Å². The monoisotopic (exact) mass is 841 g/mol. The van der Waals surface area contributed by atoms with Crippen LogP contribution in [0.5, 0.6) is 0 Å². The second-order valence-electron chi connectivity index (χ2n) is 16.0. The van der Waals surface area contributed by atoms with Gasteiger partial charge in [-0.15, -0.1) is 0 Å². The lowest BCUT2D eigenvalue weighted by molar-refractivity contribution is -0.870. The van der Waals surface area contributed by atoms with Crippen molar-refractivity contribution in [3.63, 3.8) is 0 Å². The summed E-state index contributed by atoms with van der Waals surface area (Å²) >= 11 is 0. The summed E-state index contributed by atoms with van der Waals surface area (Å²) in [6.07, 6.45) is 58.4. The lowest BCUT2D eigenvalue weighted by Crippen LogP contribution is -2.46. The fourth-order valence-electron chi connectivity index (χ4n) is 5.68. The van der Waals surface area contributed by atoms with E-state index < -0.39 is 20.0 Å². The van der Waals surface area contributed by atoms with E-state index in [0.717, 1.165) is 83.5 Å². The molecule has 0 saturated carbocycles. The van der Waals surface area contributed by atoms with Crippen LogP contribution in [0.2, 0.25) is 0 Å². The van der Waals surface area contributed by atoms with Crippen LogP contribution in [0.25, 0.3) is 0 Å². The Morgan fingerprint density at radius 3 is 1.44 bits per heavy atom. The van der Waals surface area contributed by atoms with Gasteiger partial charge >= 0.3 is 0 Å². The molecule has 0 aliphatic carbocycles. The molecule has 9 heteroatoms. The number of nitrogens with zero attached hydrogens (tertiary/aromatic N) is 1. The van der Waals surface area contributed by atoms with Gasteiger partial charge in [0.25, 0.3) is 7.82 Å². The van der Waals surface area contributed by atoms with Crippen molar-refractivity contribution in [3.05, 3.63) is 109 Å². The fourth-order valence-corrected chi connectivity index (χ4v) is 6.41. The van der Waals surface area contributed by atoms with Crippen molar-refractivity contribution >= 4 is 13.7 Å². The van der Waals surface area contributed by atoms with Gasteiger partial charge in [0.15, 0.2) is 0 Å². The molecule has 336 valence electrons. The van der Waals surface area contributed by atoms with Crippen LogP contribution in [-0.2, 0) is 18.4 Å². The average Bonchev–Trinajstić information content (AvgIpc) is 3.19. The SMILES string of the molecule is CC/C=C\C/C=C\C/C=C\C/C=C\C/C=C\C/C=C\C/C=C\C/C=C\C/C=C\CCCC(=O)NC(COP(=O)([O-])OCC[N+](C)(C)C)C(O)CCCCCCCCCC. The third-order valence-electron chi connectivity index (χ3n) is 9.28. The Morgan fingerprint density at radius 1 is 0.610 bits per heavy atom. The number of nitrogens with one attached hydrogen (secondary N) is 1. The molecule has 2 N–H and O–H groups in total. The maximum Gasteiger partial charge on any atom is 0.268 e. The molecule has 3 atom stereocenters. The number of hydrogen-bond acceptors (Lipinski definition) is 6. The van der Waals surface area contributed by atoms with Crippen LogP contribution in [0.1, 0.15) is 149 Å². The van der Waals surface area contributed by atoms with Gasteiger partial charge in [-0.2, -0.15) is 0 Å². The van der Waals surface area contributed by atoms with Crippen LogP contribution >= 0.6 is 7.82 Å². The van der Waals surface area contributed by atoms with E-state index in [0.29, 0.717) is 23.9 Å². The van der Waals surface area contributed by atoms with Crippen molar-refractivity contribution in [1.29, 1.82) is 0 Å². The smallest absolute Gasteiger partial charge is 0.268 e. The molecule has 0 aliphatic heterocycles. The zero-order valence-electron chi connectivity index (χ0n) is 37.9. The molecule has 0 aromatic rings. The maximum absolute atomic E-state index is 12.8. The molecule has 0 bridgehead atoms. The number of allylic oxidation sites excluding steroid dienone is 18. The van der Waals surface area contributed by atoms with Crippen LogP contribution in [0.3, 0.4) is 0 Å². The van der Waals surface area contributed by atoms with Crippen LogP contribution in [0.15, 0.2) is 109 Å². The van der Waals surface area contributed by atoms with Crippen molar-refractivity contribution in [2.24, 2.45) is 0 Å². The summed E-state index contributed by atoms with van der Waals surface area (Å²) in [7, 11) is 1.24. The molecular weight excluding hydrogens is 756 g/mol. The lowest BCUT2D eigenvalue weighted by atomic mass is 10.0. The van der Waals surface area contributed by atoms with Crippen LogP contribution < -0.4 is 10.2 Å². The summed E-state index contributed by atoms with van der Waals surface area (Å²) in [5, 5.41) is 13.8. The largest absolute Gasteiger partial charge is 0.756 e. The van der Waals surface area contributed by atoms with E-state index in [1.54, 1.807) is 0 Å². The number of carbonyl (C=O) groups excluding carboxylic acids is 1. The average molecular weight is 841 g/mol. The molecule has 1 amide bonds. The van der Waals surface area contributed by atoms with Crippen LogP contribution in [0.4, 0.5) is 0 Å². The first kappa shape index (κ1) is 56.2. The molecule has 0 aliphatic rings. The minimum Gasteiger partial charge on any atom is -0.756 e. The first-order valence-electron chi connectivity index (χ1n) is 22.7. The molecule has 0 aromatic carbocycles. The van der Waals surface area contributed by atoms with Crippen molar-refractivity contribution in [2.45, 2.75) is 161 Å². The van der Waals surface area contributed by atoms with Gasteiger partial charge in [0.2, 0.25) is 5.91 Å². The van der Waals surface area contributed by atoms with E-state index in [2.05, 4.69) is 129 Å². The zero-order valence-corrected chi connectivity index (χ0v) is 38.8. The van der Waals surface area contributed by atoms with E-state index in [1.807, 2.05) is 21.1 Å². The second kappa shape index (κ2) is 40.6. The van der Waals surface area contributed by atoms with Crippen molar-refractivity contribution in [1.82, 2.24) is 5.32 Å². The molecular formula is C50H85N2O6P. The van der Waals surface area contributed by atoms with Crippen LogP contribution in [-0.4, -0.2) is 68.5 Å². The van der Waals surface area contributed by atoms with Gasteiger partial charge in [-0.1, -0.05) is 175 Å². The molecule has 0 aromatic heterocycles. The number of quaternary nitrogens is 1. The van der Waals surface area contributed by atoms with E-state index in [1.165, 1.54) is 32.1 Å². The number of phosphoric ester groups is 1. The highest BCUT2D eigenvalue weighted by molar-refractivity contribution is 7.45. The van der Waals surface area contributed by atoms with Crippen LogP contribution in [0, 0.1) is 0 Å². The predicted molar refractivity (Wildman–Crippen MR) is 251 cm³/mol. The summed E-state index contributed by atoms with van der Waals surface area (Å²) in [6.45, 7) is 4.48. The molecule has 0 spiro atoms. The second-order valence-corrected chi connectivity index (χ2v) is 17.4. The summed E-state index contributed by atoms with van der Waals surface area (Å²) in [4.78, 5) is 25.2. The fraction of sp³-hybridized carbons (Fsp3) is 0.620. The number of aliphatic hydroxyl groups is 1. The highest BCUT2D eigenvalue weighted by atomic mass is 31.2. The Bertz CT molecular complexity index is 1320. The Labute approximate surface area is 361 Å². The Kier molecular flexibility index (Phi) is 38.6. The van der Waals surface area contributed by atoms with Crippen molar-refractivity contribution in [2.75, 3.05) is 40.9 Å². The lowest BCUT2D eigenvalue weighted by Gasteiger charge is -2.30. The van der Waals surface area contributed by atoms with Crippen molar-refractivity contribution in [3.8, 4) is 0 Å². The molecule has 0 heterocycles. The Morgan fingerprint density at radius 2 is 1.02 bits per heavy atom. The van der Waals surface area contributed by atoms with Gasteiger partial charge in [-0.3, -0.25) is 9.36 Å². The third-order valence-corrected chi connectivity index (χ3v) is 10.2. The normalized spacial score (nSPS) is 15.3. The van der Waals surface area contributed by atoms with E-state index in [4.69, 9.17) is 9.05 Å². The highest BCUT2D eigenvalue weighted by Crippen LogP contribution is 2.38. The van der Waals surface area contributed by atoms with Gasteiger partial charge in [0.1, 0.15) is 13.2 Å². The summed E-state index contributed by atoms with van der Waals surface area (Å²) in [6, 6.07) is -0.836. The summed E-state index contributed by atoms with van der Waals surface area (Å²) in [5.74, 6) is -0.232. The Balaban J connectivity index is 4.33. The summed E-state index contributed by atoms with van der Waals surface area (Å²) in [5.41, 5.74) is 0. The van der Waals surface area contributed by atoms with Gasteiger partial charge in [-0.05, 0) is 77.0 Å². The number of phosphoric acid groups is 1. The number of hydrogen-bond donors (Lipinski definition) is 2. The van der Waals surface area contributed by atoms with E-state index >= 15 is 0 Å². The molecule has 0 saturated heterocycles. The molecule has 8 nitrogen and oxygen atoms in total. The van der Waals surface area contributed by atoms with E-state index in [9.17, 15) is 19.4 Å². The quantitative estimate of drug-likeness (QED) is 0.0276. The molecule has 0 rings (SSSR count). The number of amides is 1.